The highest BCUT2D eigenvalue weighted by atomic mass is 16.2. The second-order valence-corrected chi connectivity index (χ2v) is 6.63. The number of hydrazone groups is 1. The molecular formula is C19H24N4O. The molecule has 1 saturated heterocycles. The summed E-state index contributed by atoms with van der Waals surface area (Å²) in [6.07, 6.45) is 0.770. The number of hydrogen-bond acceptors (Lipinski definition) is 4. The van der Waals surface area contributed by atoms with Gasteiger partial charge in [0.05, 0.1) is 5.71 Å². The SMILES string of the molecule is C/C(=N\NC(=O)C1CC(C(C)C)NN1)c1cccc2ccccc12. The fourth-order valence-corrected chi connectivity index (χ4v) is 3.01. The van der Waals surface area contributed by atoms with Gasteiger partial charge in [0.2, 0.25) is 0 Å². The summed E-state index contributed by atoms with van der Waals surface area (Å²) in [7, 11) is 0. The molecule has 0 radical (unpaired) electrons. The third-order valence-corrected chi connectivity index (χ3v) is 4.57. The van der Waals surface area contributed by atoms with Crippen molar-refractivity contribution in [3.63, 3.8) is 0 Å². The maximum Gasteiger partial charge on any atom is 0.258 e. The number of amides is 1. The summed E-state index contributed by atoms with van der Waals surface area (Å²) in [4.78, 5) is 12.3. The third-order valence-electron chi connectivity index (χ3n) is 4.57. The minimum absolute atomic E-state index is 0.106. The molecule has 3 N–H and O–H groups in total. The van der Waals surface area contributed by atoms with E-state index in [9.17, 15) is 4.79 Å². The lowest BCUT2D eigenvalue weighted by molar-refractivity contribution is -0.122. The Balaban J connectivity index is 1.71. The van der Waals surface area contributed by atoms with Crippen LogP contribution in [0.1, 0.15) is 32.8 Å². The van der Waals surface area contributed by atoms with E-state index in [1.165, 1.54) is 0 Å². The van der Waals surface area contributed by atoms with Gasteiger partial charge in [-0.3, -0.25) is 10.2 Å². The molecule has 0 spiro atoms. The molecule has 1 aliphatic heterocycles. The number of rotatable bonds is 4. The van der Waals surface area contributed by atoms with Gasteiger partial charge in [-0.15, -0.1) is 0 Å². The number of hydrogen-bond donors (Lipinski definition) is 3. The molecule has 0 aliphatic carbocycles. The summed E-state index contributed by atoms with van der Waals surface area (Å²) >= 11 is 0. The van der Waals surface area contributed by atoms with Crippen LogP contribution >= 0.6 is 0 Å². The molecule has 1 heterocycles. The molecule has 0 aromatic heterocycles. The monoisotopic (exact) mass is 324 g/mol. The van der Waals surface area contributed by atoms with Crippen molar-refractivity contribution in [3.8, 4) is 0 Å². The summed E-state index contributed by atoms with van der Waals surface area (Å²) in [5, 5.41) is 6.61. The van der Waals surface area contributed by atoms with Crippen molar-refractivity contribution in [1.29, 1.82) is 0 Å². The first-order valence-corrected chi connectivity index (χ1v) is 8.39. The van der Waals surface area contributed by atoms with E-state index < -0.39 is 0 Å². The van der Waals surface area contributed by atoms with Crippen LogP contribution in [-0.2, 0) is 4.79 Å². The van der Waals surface area contributed by atoms with Gasteiger partial charge in [0, 0.05) is 11.6 Å². The van der Waals surface area contributed by atoms with Crippen LogP contribution in [0.15, 0.2) is 47.6 Å². The summed E-state index contributed by atoms with van der Waals surface area (Å²) in [6, 6.07) is 14.3. The first kappa shape index (κ1) is 16.6. The minimum atomic E-state index is -0.249. The highest BCUT2D eigenvalue weighted by molar-refractivity contribution is 6.10. The molecule has 0 bridgehead atoms. The lowest BCUT2D eigenvalue weighted by atomic mass is 9.99. The van der Waals surface area contributed by atoms with Gasteiger partial charge < -0.3 is 0 Å². The molecule has 5 heteroatoms. The molecule has 2 aromatic carbocycles. The van der Waals surface area contributed by atoms with Gasteiger partial charge in [0.25, 0.3) is 5.91 Å². The van der Waals surface area contributed by atoms with Crippen molar-refractivity contribution in [2.24, 2.45) is 11.0 Å². The van der Waals surface area contributed by atoms with E-state index in [1.807, 2.05) is 31.2 Å². The first-order chi connectivity index (χ1) is 11.6. The molecule has 24 heavy (non-hydrogen) atoms. The number of nitrogens with zero attached hydrogens (tertiary/aromatic N) is 1. The van der Waals surface area contributed by atoms with E-state index in [0.29, 0.717) is 12.0 Å². The summed E-state index contributed by atoms with van der Waals surface area (Å²) in [5.74, 6) is 0.376. The Kier molecular flexibility index (Phi) is 4.92. The summed E-state index contributed by atoms with van der Waals surface area (Å²) in [5.41, 5.74) is 10.7. The normalized spacial score (nSPS) is 21.4. The summed E-state index contributed by atoms with van der Waals surface area (Å²) < 4.78 is 0. The molecule has 3 rings (SSSR count). The maximum absolute atomic E-state index is 12.3. The second kappa shape index (κ2) is 7.11. The number of nitrogens with one attached hydrogen (secondary N) is 3. The Hall–Kier alpha value is -2.24. The predicted molar refractivity (Wildman–Crippen MR) is 97.6 cm³/mol. The Morgan fingerprint density at radius 3 is 2.67 bits per heavy atom. The van der Waals surface area contributed by atoms with E-state index in [1.54, 1.807) is 0 Å². The number of benzene rings is 2. The van der Waals surface area contributed by atoms with Crippen LogP contribution in [0.5, 0.6) is 0 Å². The van der Waals surface area contributed by atoms with Crippen LogP contribution in [-0.4, -0.2) is 23.7 Å². The highest BCUT2D eigenvalue weighted by Crippen LogP contribution is 2.19. The molecule has 126 valence electrons. The van der Waals surface area contributed by atoms with E-state index in [2.05, 4.69) is 53.4 Å². The Morgan fingerprint density at radius 2 is 1.92 bits per heavy atom. The number of hydrazine groups is 1. The van der Waals surface area contributed by atoms with E-state index in [0.717, 1.165) is 28.5 Å². The number of carbonyl (C=O) groups is 1. The van der Waals surface area contributed by atoms with Crippen LogP contribution < -0.4 is 16.3 Å². The Morgan fingerprint density at radius 1 is 1.17 bits per heavy atom. The topological polar surface area (TPSA) is 65.5 Å². The average molecular weight is 324 g/mol. The second-order valence-electron chi connectivity index (χ2n) is 6.63. The van der Waals surface area contributed by atoms with Gasteiger partial charge in [0.15, 0.2) is 0 Å². The van der Waals surface area contributed by atoms with Crippen molar-refractivity contribution in [2.75, 3.05) is 0 Å². The summed E-state index contributed by atoms with van der Waals surface area (Å²) in [6.45, 7) is 6.20. The molecule has 0 saturated carbocycles. The zero-order valence-corrected chi connectivity index (χ0v) is 14.3. The Labute approximate surface area is 142 Å². The third kappa shape index (κ3) is 3.47. The molecule has 5 nitrogen and oxygen atoms in total. The van der Waals surface area contributed by atoms with Gasteiger partial charge in [0.1, 0.15) is 6.04 Å². The molecule has 2 unspecified atom stereocenters. The van der Waals surface area contributed by atoms with Gasteiger partial charge >= 0.3 is 0 Å². The average Bonchev–Trinajstić information content (AvgIpc) is 3.09. The number of fused-ring (bicyclic) bond motifs is 1. The Bertz CT molecular complexity index is 764. The van der Waals surface area contributed by atoms with Crippen LogP contribution in [0.4, 0.5) is 0 Å². The molecule has 1 aliphatic rings. The van der Waals surface area contributed by atoms with Crippen molar-refractivity contribution < 1.29 is 4.79 Å². The molecule has 1 amide bonds. The lowest BCUT2D eigenvalue weighted by Crippen LogP contribution is -2.42. The van der Waals surface area contributed by atoms with Crippen LogP contribution in [0.25, 0.3) is 10.8 Å². The minimum Gasteiger partial charge on any atom is -0.271 e. The molecule has 1 fully saturated rings. The molecular weight excluding hydrogens is 300 g/mol. The highest BCUT2D eigenvalue weighted by Gasteiger charge is 2.30. The van der Waals surface area contributed by atoms with E-state index in [-0.39, 0.29) is 11.9 Å². The van der Waals surface area contributed by atoms with Crippen LogP contribution in [0.2, 0.25) is 0 Å². The van der Waals surface area contributed by atoms with Crippen molar-refractivity contribution >= 4 is 22.4 Å². The van der Waals surface area contributed by atoms with Crippen LogP contribution in [0, 0.1) is 5.92 Å². The smallest absolute Gasteiger partial charge is 0.258 e. The van der Waals surface area contributed by atoms with Gasteiger partial charge in [-0.2, -0.15) is 5.10 Å². The van der Waals surface area contributed by atoms with Crippen molar-refractivity contribution in [1.82, 2.24) is 16.3 Å². The lowest BCUT2D eigenvalue weighted by Gasteiger charge is -2.12. The largest absolute Gasteiger partial charge is 0.271 e. The molecule has 2 atom stereocenters. The molecule has 2 aromatic rings. The van der Waals surface area contributed by atoms with Crippen LogP contribution in [0.3, 0.4) is 0 Å². The number of carbonyl (C=O) groups excluding carboxylic acids is 1. The quantitative estimate of drug-likeness (QED) is 0.598. The van der Waals surface area contributed by atoms with E-state index in [4.69, 9.17) is 0 Å². The maximum atomic E-state index is 12.3. The zero-order chi connectivity index (χ0) is 17.1. The van der Waals surface area contributed by atoms with Gasteiger partial charge in [-0.25, -0.2) is 10.9 Å². The predicted octanol–water partition coefficient (Wildman–Crippen LogP) is 2.57. The first-order valence-electron chi connectivity index (χ1n) is 8.39. The fourth-order valence-electron chi connectivity index (χ4n) is 3.01. The fraction of sp³-hybridized carbons (Fsp3) is 0.368. The van der Waals surface area contributed by atoms with Gasteiger partial charge in [-0.1, -0.05) is 56.3 Å². The van der Waals surface area contributed by atoms with E-state index >= 15 is 0 Å². The standard InChI is InChI=1S/C19H24N4O/c1-12(2)17-11-18(22-21-17)19(24)23-20-13(3)15-10-6-8-14-7-4-5-9-16(14)15/h4-10,12,17-18,21-22H,11H2,1-3H3,(H,23,24)/b20-13+. The van der Waals surface area contributed by atoms with Crippen molar-refractivity contribution in [3.05, 3.63) is 48.0 Å². The van der Waals surface area contributed by atoms with Crippen molar-refractivity contribution in [2.45, 2.75) is 39.3 Å². The van der Waals surface area contributed by atoms with Gasteiger partial charge in [-0.05, 0) is 30.0 Å². The zero-order valence-electron chi connectivity index (χ0n) is 14.3.